The third kappa shape index (κ3) is 3.44. The molecule has 0 spiro atoms. The monoisotopic (exact) mass is 257 g/mol. The number of hydrogen-bond donors (Lipinski definition) is 1. The summed E-state index contributed by atoms with van der Waals surface area (Å²) in [6, 6.07) is 6.28. The Morgan fingerprint density at radius 3 is 2.79 bits per heavy atom. The molecule has 19 heavy (non-hydrogen) atoms. The molecule has 0 aliphatic rings. The van der Waals surface area contributed by atoms with Crippen LogP contribution in [0.4, 0.5) is 0 Å². The first-order valence-corrected chi connectivity index (χ1v) is 6.38. The van der Waals surface area contributed by atoms with Crippen molar-refractivity contribution in [2.75, 3.05) is 0 Å². The summed E-state index contributed by atoms with van der Waals surface area (Å²) in [5.41, 5.74) is 3.64. The van der Waals surface area contributed by atoms with E-state index in [1.165, 1.54) is 11.1 Å². The van der Waals surface area contributed by atoms with Crippen LogP contribution in [0.25, 0.3) is 0 Å². The highest BCUT2D eigenvalue weighted by atomic mass is 16.2. The van der Waals surface area contributed by atoms with Gasteiger partial charge in [0.15, 0.2) is 0 Å². The molecule has 4 heteroatoms. The number of rotatable bonds is 4. The van der Waals surface area contributed by atoms with Gasteiger partial charge in [0.2, 0.25) is 5.91 Å². The first-order chi connectivity index (χ1) is 9.06. The lowest BCUT2D eigenvalue weighted by Crippen LogP contribution is -2.29. The topological polar surface area (TPSA) is 46.9 Å². The van der Waals surface area contributed by atoms with Gasteiger partial charge in [0.1, 0.15) is 6.54 Å². The van der Waals surface area contributed by atoms with Gasteiger partial charge in [-0.1, -0.05) is 18.2 Å². The maximum Gasteiger partial charge on any atom is 0.240 e. The highest BCUT2D eigenvalue weighted by molar-refractivity contribution is 5.76. The Hall–Kier alpha value is -2.10. The molecule has 0 radical (unpaired) electrons. The number of nitrogens with zero attached hydrogens (tertiary/aromatic N) is 2. The minimum atomic E-state index is -0.0104. The lowest BCUT2D eigenvalue weighted by atomic mass is 10.0. The van der Waals surface area contributed by atoms with E-state index in [9.17, 15) is 4.79 Å². The van der Waals surface area contributed by atoms with Crippen molar-refractivity contribution in [2.45, 2.75) is 33.4 Å². The van der Waals surface area contributed by atoms with E-state index in [-0.39, 0.29) is 11.9 Å². The second-order valence-corrected chi connectivity index (χ2v) is 4.87. The van der Waals surface area contributed by atoms with Crippen LogP contribution < -0.4 is 5.32 Å². The van der Waals surface area contributed by atoms with Crippen molar-refractivity contribution in [3.63, 3.8) is 0 Å². The average molecular weight is 257 g/mol. The molecule has 0 saturated heterocycles. The van der Waals surface area contributed by atoms with Crippen molar-refractivity contribution in [3.8, 4) is 0 Å². The van der Waals surface area contributed by atoms with Crippen molar-refractivity contribution in [3.05, 3.63) is 53.6 Å². The highest BCUT2D eigenvalue weighted by Crippen LogP contribution is 2.16. The van der Waals surface area contributed by atoms with Crippen LogP contribution >= 0.6 is 0 Å². The zero-order valence-corrected chi connectivity index (χ0v) is 11.6. The molecule has 2 aromatic rings. The fraction of sp³-hybridized carbons (Fsp3) is 0.333. The number of amides is 1. The molecule has 1 heterocycles. The Kier molecular flexibility index (Phi) is 4.00. The Morgan fingerprint density at radius 1 is 1.37 bits per heavy atom. The fourth-order valence-electron chi connectivity index (χ4n) is 1.95. The number of imidazole rings is 1. The molecule has 4 nitrogen and oxygen atoms in total. The van der Waals surface area contributed by atoms with Crippen LogP contribution in [0, 0.1) is 13.8 Å². The third-order valence-corrected chi connectivity index (χ3v) is 3.29. The van der Waals surface area contributed by atoms with E-state index in [1.54, 1.807) is 23.3 Å². The molecular formula is C15H19N3O. The van der Waals surface area contributed by atoms with Gasteiger partial charge in [-0.25, -0.2) is 4.98 Å². The molecule has 0 aliphatic heterocycles. The molecule has 0 fully saturated rings. The fourth-order valence-corrected chi connectivity index (χ4v) is 1.95. The van der Waals surface area contributed by atoms with Crippen LogP contribution in [-0.4, -0.2) is 15.5 Å². The van der Waals surface area contributed by atoms with Crippen LogP contribution in [0.3, 0.4) is 0 Å². The van der Waals surface area contributed by atoms with E-state index in [2.05, 4.69) is 42.3 Å². The van der Waals surface area contributed by atoms with Crippen LogP contribution in [0.1, 0.15) is 29.7 Å². The average Bonchev–Trinajstić information content (AvgIpc) is 2.85. The number of aromatic nitrogens is 2. The second kappa shape index (κ2) is 5.69. The lowest BCUT2D eigenvalue weighted by Gasteiger charge is -2.16. The maximum atomic E-state index is 11.9. The molecule has 1 aromatic carbocycles. The second-order valence-electron chi connectivity index (χ2n) is 4.87. The summed E-state index contributed by atoms with van der Waals surface area (Å²) in [6.45, 7) is 6.46. The zero-order chi connectivity index (χ0) is 13.8. The summed E-state index contributed by atoms with van der Waals surface area (Å²) in [7, 11) is 0. The van der Waals surface area contributed by atoms with Crippen molar-refractivity contribution in [1.82, 2.24) is 14.9 Å². The number of carbonyl (C=O) groups excluding carboxylic acids is 1. The molecule has 1 N–H and O–H groups in total. The molecule has 0 saturated carbocycles. The van der Waals surface area contributed by atoms with Gasteiger partial charge < -0.3 is 9.88 Å². The number of nitrogens with one attached hydrogen (secondary N) is 1. The van der Waals surface area contributed by atoms with Crippen LogP contribution in [-0.2, 0) is 11.3 Å². The van der Waals surface area contributed by atoms with E-state index >= 15 is 0 Å². The van der Waals surface area contributed by atoms with Crippen molar-refractivity contribution in [2.24, 2.45) is 0 Å². The molecule has 100 valence electrons. The smallest absolute Gasteiger partial charge is 0.240 e. The largest absolute Gasteiger partial charge is 0.348 e. The molecule has 2 rings (SSSR count). The molecule has 1 amide bonds. The highest BCUT2D eigenvalue weighted by Gasteiger charge is 2.10. The molecule has 1 aromatic heterocycles. The van der Waals surface area contributed by atoms with Gasteiger partial charge >= 0.3 is 0 Å². The summed E-state index contributed by atoms with van der Waals surface area (Å²) in [5.74, 6) is -0.0104. The van der Waals surface area contributed by atoms with Crippen molar-refractivity contribution in [1.29, 1.82) is 0 Å². The minimum absolute atomic E-state index is 0.00956. The number of aryl methyl sites for hydroxylation is 2. The van der Waals surface area contributed by atoms with Gasteiger partial charge in [-0.3, -0.25) is 4.79 Å². The van der Waals surface area contributed by atoms with Gasteiger partial charge in [0.25, 0.3) is 0 Å². The Labute approximate surface area is 113 Å². The molecule has 1 atom stereocenters. The van der Waals surface area contributed by atoms with Gasteiger partial charge in [0, 0.05) is 12.4 Å². The third-order valence-electron chi connectivity index (χ3n) is 3.29. The van der Waals surface area contributed by atoms with Crippen LogP contribution in [0.5, 0.6) is 0 Å². The molecule has 1 unspecified atom stereocenters. The molecule has 0 aliphatic carbocycles. The number of benzene rings is 1. The Bertz CT molecular complexity index is 561. The summed E-state index contributed by atoms with van der Waals surface area (Å²) in [5, 5.41) is 2.99. The zero-order valence-electron chi connectivity index (χ0n) is 11.6. The van der Waals surface area contributed by atoms with Crippen molar-refractivity contribution < 1.29 is 4.79 Å². The predicted octanol–water partition coefficient (Wildman–Crippen LogP) is 2.38. The van der Waals surface area contributed by atoms with E-state index < -0.39 is 0 Å². The van der Waals surface area contributed by atoms with E-state index in [4.69, 9.17) is 0 Å². The summed E-state index contributed by atoms with van der Waals surface area (Å²) in [4.78, 5) is 15.8. The van der Waals surface area contributed by atoms with E-state index in [1.807, 2.05) is 6.92 Å². The first kappa shape index (κ1) is 13.3. The normalized spacial score (nSPS) is 12.2. The molecular weight excluding hydrogens is 238 g/mol. The maximum absolute atomic E-state index is 11.9. The number of hydrogen-bond acceptors (Lipinski definition) is 2. The lowest BCUT2D eigenvalue weighted by molar-refractivity contribution is -0.122. The van der Waals surface area contributed by atoms with Crippen molar-refractivity contribution >= 4 is 5.91 Å². The van der Waals surface area contributed by atoms with Gasteiger partial charge in [-0.05, 0) is 37.5 Å². The predicted molar refractivity (Wildman–Crippen MR) is 74.7 cm³/mol. The molecule has 0 bridgehead atoms. The Balaban J connectivity index is 1.98. The van der Waals surface area contributed by atoms with E-state index in [0.29, 0.717) is 6.54 Å². The first-order valence-electron chi connectivity index (χ1n) is 6.38. The minimum Gasteiger partial charge on any atom is -0.348 e. The van der Waals surface area contributed by atoms with Crippen LogP contribution in [0.2, 0.25) is 0 Å². The quantitative estimate of drug-likeness (QED) is 0.914. The summed E-state index contributed by atoms with van der Waals surface area (Å²) in [6.07, 6.45) is 5.08. The summed E-state index contributed by atoms with van der Waals surface area (Å²) >= 11 is 0. The van der Waals surface area contributed by atoms with Gasteiger partial charge in [-0.2, -0.15) is 0 Å². The van der Waals surface area contributed by atoms with Gasteiger partial charge in [-0.15, -0.1) is 0 Å². The SMILES string of the molecule is Cc1ccc(C(C)NC(=O)Cn2ccnc2)cc1C. The van der Waals surface area contributed by atoms with Crippen LogP contribution in [0.15, 0.2) is 36.9 Å². The standard InChI is InChI=1S/C15H19N3O/c1-11-4-5-14(8-12(11)2)13(3)17-15(19)9-18-7-6-16-10-18/h4-8,10,13H,9H2,1-3H3,(H,17,19). The van der Waals surface area contributed by atoms with Gasteiger partial charge in [0.05, 0.1) is 12.4 Å². The Morgan fingerprint density at radius 2 is 2.16 bits per heavy atom. The van der Waals surface area contributed by atoms with E-state index in [0.717, 1.165) is 5.56 Å². The number of carbonyl (C=O) groups is 1. The summed E-state index contributed by atoms with van der Waals surface area (Å²) < 4.78 is 1.75.